The number of hydrogen-bond acceptors (Lipinski definition) is 0. The van der Waals surface area contributed by atoms with Gasteiger partial charge in [0.25, 0.3) is 0 Å². The van der Waals surface area contributed by atoms with Crippen LogP contribution in [0.3, 0.4) is 0 Å². The molecule has 1 rings (SSSR count). The maximum absolute atomic E-state index is 3.88. The molecule has 60 valence electrons. The first kappa shape index (κ1) is 9.96. The Morgan fingerprint density at radius 3 is 2.09 bits per heavy atom. The zero-order valence-corrected chi connectivity index (χ0v) is 7.48. The summed E-state index contributed by atoms with van der Waals surface area (Å²) >= 11 is 0. The SMILES string of the molecule is C=C.C=C1C=C(C)C(C)=CC1. The van der Waals surface area contributed by atoms with E-state index in [4.69, 9.17) is 0 Å². The van der Waals surface area contributed by atoms with Crippen LogP contribution in [-0.4, -0.2) is 0 Å². The standard InChI is InChI=1S/C9H12.C2H4/c1-7-4-5-8(2)9(3)6-7;1-2/h5-6H,1,4H2,2-3H3;1-2H2. The predicted octanol–water partition coefficient (Wildman–Crippen LogP) is 3.64. The van der Waals surface area contributed by atoms with Crippen molar-refractivity contribution in [2.45, 2.75) is 20.3 Å². The minimum Gasteiger partial charge on any atom is -0.106 e. The van der Waals surface area contributed by atoms with Crippen LogP contribution in [0.5, 0.6) is 0 Å². The first-order chi connectivity index (χ1) is 5.20. The predicted molar refractivity (Wildman–Crippen MR) is 52.5 cm³/mol. The van der Waals surface area contributed by atoms with Crippen LogP contribution in [0.1, 0.15) is 20.3 Å². The fourth-order valence-corrected chi connectivity index (χ4v) is 0.924. The topological polar surface area (TPSA) is 0 Å². The molecule has 0 bridgehead atoms. The van der Waals surface area contributed by atoms with Gasteiger partial charge in [0.2, 0.25) is 0 Å². The van der Waals surface area contributed by atoms with Gasteiger partial charge in [0, 0.05) is 0 Å². The summed E-state index contributed by atoms with van der Waals surface area (Å²) in [5.41, 5.74) is 3.96. The Balaban J connectivity index is 0.000000461. The molecule has 0 N–H and O–H groups in total. The number of hydrogen-bond donors (Lipinski definition) is 0. The second-order valence-corrected chi connectivity index (χ2v) is 2.58. The molecule has 1 aliphatic carbocycles. The zero-order valence-electron chi connectivity index (χ0n) is 7.48. The van der Waals surface area contributed by atoms with E-state index in [1.807, 2.05) is 0 Å². The first-order valence-electron chi connectivity index (χ1n) is 3.73. The van der Waals surface area contributed by atoms with Crippen LogP contribution in [0.4, 0.5) is 0 Å². The lowest BCUT2D eigenvalue weighted by atomic mass is 9.98. The van der Waals surface area contributed by atoms with Crippen molar-refractivity contribution in [1.29, 1.82) is 0 Å². The Hall–Kier alpha value is -1.04. The van der Waals surface area contributed by atoms with Crippen molar-refractivity contribution in [3.05, 3.63) is 48.6 Å². The molecule has 0 aliphatic heterocycles. The van der Waals surface area contributed by atoms with Crippen molar-refractivity contribution in [1.82, 2.24) is 0 Å². The summed E-state index contributed by atoms with van der Waals surface area (Å²) in [5.74, 6) is 0. The van der Waals surface area contributed by atoms with E-state index in [9.17, 15) is 0 Å². The van der Waals surface area contributed by atoms with Gasteiger partial charge in [-0.1, -0.05) is 29.9 Å². The molecule has 0 aromatic rings. The number of allylic oxidation sites excluding steroid dienone is 5. The fraction of sp³-hybridized carbons (Fsp3) is 0.273. The largest absolute Gasteiger partial charge is 0.106 e. The van der Waals surface area contributed by atoms with E-state index in [-0.39, 0.29) is 0 Å². The summed E-state index contributed by atoms with van der Waals surface area (Å²) in [5, 5.41) is 0. The highest BCUT2D eigenvalue weighted by Gasteiger charge is 1.99. The highest BCUT2D eigenvalue weighted by molar-refractivity contribution is 5.39. The third-order valence-electron chi connectivity index (χ3n) is 1.71. The zero-order chi connectivity index (χ0) is 8.85. The Morgan fingerprint density at radius 1 is 1.18 bits per heavy atom. The minimum absolute atomic E-state index is 1.03. The molecule has 0 aromatic heterocycles. The molecule has 0 heterocycles. The molecule has 0 amide bonds. The molecule has 0 unspecified atom stereocenters. The monoisotopic (exact) mass is 148 g/mol. The van der Waals surface area contributed by atoms with E-state index < -0.39 is 0 Å². The summed E-state index contributed by atoms with van der Waals surface area (Å²) in [6.45, 7) is 14.1. The van der Waals surface area contributed by atoms with Gasteiger partial charge < -0.3 is 0 Å². The molecule has 0 atom stereocenters. The van der Waals surface area contributed by atoms with Crippen molar-refractivity contribution < 1.29 is 0 Å². The van der Waals surface area contributed by atoms with Gasteiger partial charge in [-0.05, 0) is 25.8 Å². The third kappa shape index (κ3) is 3.03. The minimum atomic E-state index is 1.03. The summed E-state index contributed by atoms with van der Waals surface area (Å²) in [6, 6.07) is 0. The molecule has 0 fully saturated rings. The molecule has 0 aromatic carbocycles. The Kier molecular flexibility index (Phi) is 4.28. The molecule has 0 heteroatoms. The van der Waals surface area contributed by atoms with Gasteiger partial charge in [-0.2, -0.15) is 0 Å². The normalized spacial score (nSPS) is 16.0. The molecular formula is C11H16. The first-order valence-corrected chi connectivity index (χ1v) is 3.73. The van der Waals surface area contributed by atoms with Crippen LogP contribution >= 0.6 is 0 Å². The summed E-state index contributed by atoms with van der Waals surface area (Å²) in [7, 11) is 0. The van der Waals surface area contributed by atoms with Crippen LogP contribution in [0, 0.1) is 0 Å². The second-order valence-electron chi connectivity index (χ2n) is 2.58. The summed E-state index contributed by atoms with van der Waals surface area (Å²) in [4.78, 5) is 0. The van der Waals surface area contributed by atoms with Gasteiger partial charge in [0.1, 0.15) is 0 Å². The highest BCUT2D eigenvalue weighted by atomic mass is 14.0. The summed E-state index contributed by atoms with van der Waals surface area (Å²) in [6.07, 6.45) is 5.40. The van der Waals surface area contributed by atoms with E-state index in [1.54, 1.807) is 0 Å². The van der Waals surface area contributed by atoms with E-state index >= 15 is 0 Å². The molecule has 0 saturated carbocycles. The molecule has 1 aliphatic rings. The van der Waals surface area contributed by atoms with Gasteiger partial charge in [-0.3, -0.25) is 0 Å². The lowest BCUT2D eigenvalue weighted by Crippen LogP contribution is -1.88. The van der Waals surface area contributed by atoms with Gasteiger partial charge in [-0.15, -0.1) is 13.2 Å². The Morgan fingerprint density at radius 2 is 1.73 bits per heavy atom. The van der Waals surface area contributed by atoms with E-state index in [2.05, 4.69) is 45.7 Å². The molecule has 0 nitrogen and oxygen atoms in total. The third-order valence-corrected chi connectivity index (χ3v) is 1.71. The summed E-state index contributed by atoms with van der Waals surface area (Å²) < 4.78 is 0. The average molecular weight is 148 g/mol. The maximum atomic E-state index is 3.88. The lowest BCUT2D eigenvalue weighted by Gasteiger charge is -2.08. The smallest absolute Gasteiger partial charge is 0.00974 e. The molecule has 0 saturated heterocycles. The van der Waals surface area contributed by atoms with Crippen LogP contribution in [0.15, 0.2) is 48.6 Å². The number of rotatable bonds is 0. The van der Waals surface area contributed by atoms with Crippen molar-refractivity contribution in [3.8, 4) is 0 Å². The maximum Gasteiger partial charge on any atom is -0.00974 e. The van der Waals surface area contributed by atoms with Crippen molar-refractivity contribution in [3.63, 3.8) is 0 Å². The van der Waals surface area contributed by atoms with Crippen molar-refractivity contribution >= 4 is 0 Å². The van der Waals surface area contributed by atoms with Crippen LogP contribution in [0.2, 0.25) is 0 Å². The molecule has 0 spiro atoms. The molecule has 0 radical (unpaired) electrons. The van der Waals surface area contributed by atoms with Crippen LogP contribution in [0.25, 0.3) is 0 Å². The van der Waals surface area contributed by atoms with Crippen LogP contribution in [-0.2, 0) is 0 Å². The fourth-order valence-electron chi connectivity index (χ4n) is 0.924. The average Bonchev–Trinajstić information content (AvgIpc) is 2.02. The van der Waals surface area contributed by atoms with Crippen LogP contribution < -0.4 is 0 Å². The molecule has 11 heavy (non-hydrogen) atoms. The van der Waals surface area contributed by atoms with E-state index in [1.165, 1.54) is 16.7 Å². The van der Waals surface area contributed by atoms with Gasteiger partial charge in [0.05, 0.1) is 0 Å². The highest BCUT2D eigenvalue weighted by Crippen LogP contribution is 2.19. The molecular weight excluding hydrogens is 132 g/mol. The Bertz CT molecular complexity index is 204. The van der Waals surface area contributed by atoms with E-state index in [0.29, 0.717) is 0 Å². The quantitative estimate of drug-likeness (QED) is 0.460. The Labute approximate surface area is 69.6 Å². The van der Waals surface area contributed by atoms with Crippen molar-refractivity contribution in [2.24, 2.45) is 0 Å². The van der Waals surface area contributed by atoms with Gasteiger partial charge in [0.15, 0.2) is 0 Å². The van der Waals surface area contributed by atoms with E-state index in [0.717, 1.165) is 6.42 Å². The second kappa shape index (κ2) is 4.73. The van der Waals surface area contributed by atoms with Crippen molar-refractivity contribution in [2.75, 3.05) is 0 Å². The van der Waals surface area contributed by atoms with Gasteiger partial charge in [-0.25, -0.2) is 0 Å². The lowest BCUT2D eigenvalue weighted by molar-refractivity contribution is 1.17. The van der Waals surface area contributed by atoms with Gasteiger partial charge >= 0.3 is 0 Å².